The first kappa shape index (κ1) is 26.6. The van der Waals surface area contributed by atoms with Crippen molar-refractivity contribution in [2.75, 3.05) is 13.2 Å². The Hall–Kier alpha value is -3.05. The molecule has 0 aliphatic carbocycles. The van der Waals surface area contributed by atoms with Crippen LogP contribution in [0.3, 0.4) is 0 Å². The number of allylic oxidation sites excluding steroid dienone is 3. The van der Waals surface area contributed by atoms with Crippen LogP contribution in [0.25, 0.3) is 0 Å². The molecule has 0 aromatic heterocycles. The van der Waals surface area contributed by atoms with Gasteiger partial charge in [0.25, 0.3) is 11.9 Å². The Kier molecular flexibility index (Phi) is 8.79. The van der Waals surface area contributed by atoms with Crippen LogP contribution in [0.5, 0.6) is 0 Å². The van der Waals surface area contributed by atoms with Crippen molar-refractivity contribution < 1.29 is 27.1 Å². The van der Waals surface area contributed by atoms with Crippen molar-refractivity contribution >= 4 is 17.9 Å². The molecule has 1 amide bonds. The number of halogens is 4. The van der Waals surface area contributed by atoms with Crippen LogP contribution in [0.4, 0.5) is 17.6 Å². The molecule has 0 aromatic rings. The molecule has 0 saturated heterocycles. The fourth-order valence-electron chi connectivity index (χ4n) is 3.69. The zero-order chi connectivity index (χ0) is 25.6. The summed E-state index contributed by atoms with van der Waals surface area (Å²) in [5.41, 5.74) is 2.23. The van der Waals surface area contributed by atoms with E-state index in [4.69, 9.17) is 4.74 Å². The number of carbonyl (C=O) groups is 1. The van der Waals surface area contributed by atoms with Gasteiger partial charge in [0.05, 0.1) is 12.2 Å². The van der Waals surface area contributed by atoms with Gasteiger partial charge in [0.2, 0.25) is 5.96 Å². The van der Waals surface area contributed by atoms with Crippen molar-refractivity contribution in [3.05, 3.63) is 35.2 Å². The third kappa shape index (κ3) is 7.72. The minimum absolute atomic E-state index is 0.0732. The molecule has 0 aromatic carbocycles. The SMILES string of the molecule is CCC(F)CCCC1=CC=C(C(C)NC(=O)C2=C[C@H](C)N=C(NC3=N[C@H](C(F)(F)F)CO3)N2)CN1. The second kappa shape index (κ2) is 11.6. The highest BCUT2D eigenvalue weighted by Gasteiger charge is 2.43. The van der Waals surface area contributed by atoms with E-state index in [2.05, 4.69) is 31.3 Å². The molecule has 3 heterocycles. The predicted octanol–water partition coefficient (Wildman–Crippen LogP) is 2.96. The van der Waals surface area contributed by atoms with E-state index in [-0.39, 0.29) is 29.6 Å². The standard InChI is InChI=1S/C23H32F4N6O2/c1-4-16(24)6-5-7-17-9-8-15(11-28-17)14(3)30-20(34)18-10-13(2)29-21(31-18)33-22-32-19(12-35-22)23(25,26)27/h8-10,13-14,16,19,28H,4-7,11-12H2,1-3H3,(H,30,34)(H2,29,31,32,33)/t13-,14?,16?,19-/m0/s1. The fourth-order valence-corrected chi connectivity index (χ4v) is 3.69. The van der Waals surface area contributed by atoms with E-state index in [1.807, 2.05) is 26.0 Å². The Morgan fingerprint density at radius 1 is 1.31 bits per heavy atom. The van der Waals surface area contributed by atoms with Gasteiger partial charge in [0.15, 0.2) is 6.04 Å². The van der Waals surface area contributed by atoms with Gasteiger partial charge in [-0.15, -0.1) is 0 Å². The minimum atomic E-state index is -4.50. The number of hydrogen-bond donors (Lipinski definition) is 4. The average Bonchev–Trinajstić information content (AvgIpc) is 3.28. The van der Waals surface area contributed by atoms with Gasteiger partial charge in [-0.25, -0.2) is 14.4 Å². The first-order valence-electron chi connectivity index (χ1n) is 11.7. The smallest absolute Gasteiger partial charge is 0.414 e. The molecule has 194 valence electrons. The molecule has 0 spiro atoms. The number of amides is 1. The highest BCUT2D eigenvalue weighted by molar-refractivity contribution is 6.04. The third-order valence-corrected chi connectivity index (χ3v) is 5.82. The van der Waals surface area contributed by atoms with Crippen LogP contribution in [-0.2, 0) is 9.53 Å². The van der Waals surface area contributed by atoms with Gasteiger partial charge in [-0.2, -0.15) is 13.2 Å². The number of aliphatic imine (C=N–C) groups is 2. The summed E-state index contributed by atoms with van der Waals surface area (Å²) in [4.78, 5) is 20.5. The largest absolute Gasteiger partial charge is 0.462 e. The highest BCUT2D eigenvalue weighted by Crippen LogP contribution is 2.25. The monoisotopic (exact) mass is 500 g/mol. The van der Waals surface area contributed by atoms with E-state index in [9.17, 15) is 22.4 Å². The van der Waals surface area contributed by atoms with Crippen molar-refractivity contribution in [2.45, 2.75) is 76.9 Å². The van der Waals surface area contributed by atoms with Crippen LogP contribution < -0.4 is 21.3 Å². The molecule has 35 heavy (non-hydrogen) atoms. The van der Waals surface area contributed by atoms with Gasteiger partial charge in [-0.05, 0) is 57.3 Å². The molecule has 4 N–H and O–H groups in total. The molecule has 3 aliphatic rings. The predicted molar refractivity (Wildman–Crippen MR) is 125 cm³/mol. The van der Waals surface area contributed by atoms with Gasteiger partial charge in [0.1, 0.15) is 12.3 Å². The summed E-state index contributed by atoms with van der Waals surface area (Å²) in [5.74, 6) is -0.311. The van der Waals surface area contributed by atoms with Crippen LogP contribution in [0.2, 0.25) is 0 Å². The Bertz CT molecular complexity index is 941. The lowest BCUT2D eigenvalue weighted by atomic mass is 10.0. The number of nitrogens with one attached hydrogen (secondary N) is 4. The van der Waals surface area contributed by atoms with Crippen molar-refractivity contribution in [1.29, 1.82) is 0 Å². The normalized spacial score (nSPS) is 23.8. The summed E-state index contributed by atoms with van der Waals surface area (Å²) in [5, 5.41) is 11.6. The first-order chi connectivity index (χ1) is 16.5. The quantitative estimate of drug-likeness (QED) is 0.384. The summed E-state index contributed by atoms with van der Waals surface area (Å²) < 4.78 is 56.7. The lowest BCUT2D eigenvalue weighted by Crippen LogP contribution is -2.48. The van der Waals surface area contributed by atoms with Crippen LogP contribution in [-0.4, -0.2) is 61.5 Å². The van der Waals surface area contributed by atoms with E-state index in [0.717, 1.165) is 24.1 Å². The summed E-state index contributed by atoms with van der Waals surface area (Å²) in [6, 6.07) is -2.91. The Morgan fingerprint density at radius 3 is 2.71 bits per heavy atom. The van der Waals surface area contributed by atoms with Gasteiger partial charge >= 0.3 is 6.18 Å². The maximum Gasteiger partial charge on any atom is 0.414 e. The molecule has 8 nitrogen and oxygen atoms in total. The average molecular weight is 501 g/mol. The zero-order valence-electron chi connectivity index (χ0n) is 20.0. The van der Waals surface area contributed by atoms with E-state index in [1.54, 1.807) is 13.0 Å². The zero-order valence-corrected chi connectivity index (χ0v) is 20.0. The minimum Gasteiger partial charge on any atom is -0.462 e. The molecule has 0 fully saturated rings. The Morgan fingerprint density at radius 2 is 2.09 bits per heavy atom. The van der Waals surface area contributed by atoms with Gasteiger partial charge in [-0.1, -0.05) is 13.0 Å². The molecular formula is C23H32F4N6O2. The van der Waals surface area contributed by atoms with Crippen molar-refractivity contribution in [3.8, 4) is 0 Å². The molecule has 2 unspecified atom stereocenters. The molecule has 0 radical (unpaired) electrons. The van der Waals surface area contributed by atoms with Crippen molar-refractivity contribution in [3.63, 3.8) is 0 Å². The number of ether oxygens (including phenoxy) is 1. The molecular weight excluding hydrogens is 468 g/mol. The second-order valence-corrected chi connectivity index (χ2v) is 8.73. The number of hydrogen-bond acceptors (Lipinski definition) is 7. The van der Waals surface area contributed by atoms with Gasteiger partial charge in [0, 0.05) is 18.3 Å². The number of nitrogens with zero attached hydrogens (tertiary/aromatic N) is 2. The first-order valence-corrected chi connectivity index (χ1v) is 11.7. The lowest BCUT2D eigenvalue weighted by molar-refractivity contribution is -0.149. The lowest BCUT2D eigenvalue weighted by Gasteiger charge is -2.25. The number of guanidine groups is 1. The molecule has 3 rings (SSSR count). The summed E-state index contributed by atoms with van der Waals surface area (Å²) in [7, 11) is 0. The van der Waals surface area contributed by atoms with Crippen LogP contribution >= 0.6 is 0 Å². The van der Waals surface area contributed by atoms with Gasteiger partial charge < -0.3 is 20.7 Å². The molecule has 0 saturated carbocycles. The van der Waals surface area contributed by atoms with Crippen molar-refractivity contribution in [1.82, 2.24) is 21.3 Å². The number of amidine groups is 1. The maximum absolute atomic E-state index is 13.4. The number of dihydropyridines is 1. The third-order valence-electron chi connectivity index (χ3n) is 5.82. The fraction of sp³-hybridized carbons (Fsp3) is 0.609. The summed E-state index contributed by atoms with van der Waals surface area (Å²) in [6.45, 7) is 5.39. The number of carbonyl (C=O) groups excluding carboxylic acids is 1. The summed E-state index contributed by atoms with van der Waals surface area (Å²) >= 11 is 0. The van der Waals surface area contributed by atoms with E-state index >= 15 is 0 Å². The van der Waals surface area contributed by atoms with E-state index < -0.39 is 31.0 Å². The van der Waals surface area contributed by atoms with E-state index in [0.29, 0.717) is 19.4 Å². The number of rotatable bonds is 8. The van der Waals surface area contributed by atoms with Crippen LogP contribution in [0.1, 0.15) is 46.5 Å². The van der Waals surface area contributed by atoms with Gasteiger partial charge in [-0.3, -0.25) is 10.1 Å². The maximum atomic E-state index is 13.4. The highest BCUT2D eigenvalue weighted by atomic mass is 19.4. The second-order valence-electron chi connectivity index (χ2n) is 8.73. The molecule has 4 atom stereocenters. The van der Waals surface area contributed by atoms with E-state index in [1.165, 1.54) is 0 Å². The van der Waals surface area contributed by atoms with Crippen LogP contribution in [0.15, 0.2) is 45.2 Å². The topological polar surface area (TPSA) is 99.1 Å². The van der Waals surface area contributed by atoms with Crippen molar-refractivity contribution in [2.24, 2.45) is 9.98 Å². The number of alkyl halides is 4. The summed E-state index contributed by atoms with van der Waals surface area (Å²) in [6.07, 6.45) is 2.88. The molecule has 12 heteroatoms. The molecule has 0 bridgehead atoms. The molecule has 3 aliphatic heterocycles. The Labute approximate surface area is 202 Å². The Balaban J connectivity index is 1.51. The van der Waals surface area contributed by atoms with Crippen LogP contribution in [0, 0.1) is 0 Å².